The van der Waals surface area contributed by atoms with Crippen molar-refractivity contribution in [3.8, 4) is 17.2 Å². The van der Waals surface area contributed by atoms with E-state index in [4.69, 9.17) is 14.2 Å². The molecule has 0 saturated carbocycles. The molecule has 5 aromatic rings. The largest absolute Gasteiger partial charge is 0.493 e. The van der Waals surface area contributed by atoms with Crippen molar-refractivity contribution in [2.45, 2.75) is 13.2 Å². The number of methoxy groups -OCH3 is 1. The monoisotopic (exact) mass is 642 g/mol. The Balaban J connectivity index is 1.25. The second kappa shape index (κ2) is 13.1. The van der Waals surface area contributed by atoms with Gasteiger partial charge in [-0.25, -0.2) is 5.43 Å². The third-order valence-electron chi connectivity index (χ3n) is 6.25. The highest BCUT2D eigenvalue weighted by Gasteiger charge is 2.14. The van der Waals surface area contributed by atoms with Gasteiger partial charge in [0.15, 0.2) is 11.5 Å². The zero-order chi connectivity index (χ0) is 27.7. The first-order valence-corrected chi connectivity index (χ1v) is 13.8. The summed E-state index contributed by atoms with van der Waals surface area (Å²) in [6.45, 7) is 0.768. The van der Waals surface area contributed by atoms with E-state index in [2.05, 4.69) is 57.4 Å². The van der Waals surface area contributed by atoms with Gasteiger partial charge in [-0.2, -0.15) is 5.10 Å². The van der Waals surface area contributed by atoms with E-state index in [1.807, 2.05) is 66.7 Å². The molecule has 0 heterocycles. The highest BCUT2D eigenvalue weighted by Crippen LogP contribution is 2.34. The number of carbonyl (C=O) groups is 1. The number of halogens is 1. The van der Waals surface area contributed by atoms with Gasteiger partial charge in [0.2, 0.25) is 0 Å². The Bertz CT molecular complexity index is 1650. The molecule has 5 rings (SSSR count). The van der Waals surface area contributed by atoms with Crippen LogP contribution in [0.25, 0.3) is 10.8 Å². The van der Waals surface area contributed by atoms with Crippen molar-refractivity contribution >= 4 is 45.5 Å². The van der Waals surface area contributed by atoms with Gasteiger partial charge in [0.05, 0.1) is 22.5 Å². The summed E-state index contributed by atoms with van der Waals surface area (Å²) in [5.41, 5.74) is 5.87. The van der Waals surface area contributed by atoms with Gasteiger partial charge in [-0.15, -0.1) is 0 Å². The summed E-state index contributed by atoms with van der Waals surface area (Å²) in [5.74, 6) is 1.36. The summed E-state index contributed by atoms with van der Waals surface area (Å²) >= 11 is 2.22. The van der Waals surface area contributed by atoms with Crippen LogP contribution in [0.3, 0.4) is 0 Å². The molecule has 5 aromatic carbocycles. The molecule has 7 heteroatoms. The average molecular weight is 642 g/mol. The first-order chi connectivity index (χ1) is 19.6. The van der Waals surface area contributed by atoms with Crippen LogP contribution < -0.4 is 19.6 Å². The van der Waals surface area contributed by atoms with Gasteiger partial charge in [-0.1, -0.05) is 84.9 Å². The van der Waals surface area contributed by atoms with Crippen molar-refractivity contribution in [2.24, 2.45) is 5.10 Å². The van der Waals surface area contributed by atoms with Crippen LogP contribution in [0.1, 0.15) is 27.0 Å². The summed E-state index contributed by atoms with van der Waals surface area (Å²) in [6.07, 6.45) is 1.57. The summed E-state index contributed by atoms with van der Waals surface area (Å²) in [5, 5.41) is 6.50. The molecule has 0 aliphatic rings. The maximum Gasteiger partial charge on any atom is 0.275 e. The number of hydrogen-bond acceptors (Lipinski definition) is 5. The standard InChI is InChI=1S/C33H27IN2O4/c1-38-31-19-24(18-29(34)32(31)40-22-26-14-9-13-25-12-5-6-15-27(25)26)20-35-36-33(37)28-16-7-8-17-30(28)39-21-23-10-3-2-4-11-23/h2-20H,21-22H2,1H3,(H,36,37)/b35-20-. The van der Waals surface area contributed by atoms with E-state index in [9.17, 15) is 4.79 Å². The van der Waals surface area contributed by atoms with Gasteiger partial charge in [0.25, 0.3) is 5.91 Å². The second-order valence-corrected chi connectivity index (χ2v) is 10.1. The Hall–Kier alpha value is -4.37. The zero-order valence-corrected chi connectivity index (χ0v) is 24.0. The third-order valence-corrected chi connectivity index (χ3v) is 7.05. The van der Waals surface area contributed by atoms with E-state index >= 15 is 0 Å². The van der Waals surface area contributed by atoms with E-state index in [0.717, 1.165) is 25.6 Å². The van der Waals surface area contributed by atoms with Gasteiger partial charge in [0.1, 0.15) is 19.0 Å². The van der Waals surface area contributed by atoms with Crippen LogP contribution in [-0.2, 0) is 13.2 Å². The van der Waals surface area contributed by atoms with Crippen molar-refractivity contribution in [2.75, 3.05) is 7.11 Å². The van der Waals surface area contributed by atoms with E-state index in [-0.39, 0.29) is 5.91 Å². The molecule has 0 aliphatic heterocycles. The van der Waals surface area contributed by atoms with Crippen molar-refractivity contribution < 1.29 is 19.0 Å². The first-order valence-electron chi connectivity index (χ1n) is 12.7. The van der Waals surface area contributed by atoms with Gasteiger partial charge in [-0.05, 0) is 74.3 Å². The lowest BCUT2D eigenvalue weighted by atomic mass is 10.1. The fourth-order valence-corrected chi connectivity index (χ4v) is 5.04. The van der Waals surface area contributed by atoms with E-state index < -0.39 is 0 Å². The number of carbonyl (C=O) groups excluding carboxylic acids is 1. The van der Waals surface area contributed by atoms with Gasteiger partial charge >= 0.3 is 0 Å². The zero-order valence-electron chi connectivity index (χ0n) is 21.8. The SMILES string of the molecule is COc1cc(/C=N\NC(=O)c2ccccc2OCc2ccccc2)cc(I)c1OCc1cccc2ccccc12. The van der Waals surface area contributed by atoms with Crippen molar-refractivity contribution in [3.05, 3.63) is 135 Å². The molecule has 0 spiro atoms. The molecule has 40 heavy (non-hydrogen) atoms. The van der Waals surface area contributed by atoms with Crippen LogP contribution in [0.2, 0.25) is 0 Å². The summed E-state index contributed by atoms with van der Waals surface area (Å²) in [7, 11) is 1.60. The van der Waals surface area contributed by atoms with Gasteiger partial charge in [0, 0.05) is 0 Å². The van der Waals surface area contributed by atoms with Crippen LogP contribution in [-0.4, -0.2) is 19.2 Å². The molecule has 0 atom stereocenters. The number of fused-ring (bicyclic) bond motifs is 1. The highest BCUT2D eigenvalue weighted by atomic mass is 127. The van der Waals surface area contributed by atoms with Gasteiger partial charge in [-0.3, -0.25) is 4.79 Å². The number of benzene rings is 5. The Morgan fingerprint density at radius 1 is 0.825 bits per heavy atom. The number of nitrogens with one attached hydrogen (secondary N) is 1. The number of nitrogens with zero attached hydrogens (tertiary/aromatic N) is 1. The van der Waals surface area contributed by atoms with Crippen LogP contribution in [0.4, 0.5) is 0 Å². The number of hydrazone groups is 1. The average Bonchev–Trinajstić information content (AvgIpc) is 3.00. The minimum Gasteiger partial charge on any atom is -0.493 e. The normalized spacial score (nSPS) is 10.9. The molecule has 0 radical (unpaired) electrons. The minimum atomic E-state index is -0.364. The lowest BCUT2D eigenvalue weighted by Crippen LogP contribution is -2.18. The molecule has 200 valence electrons. The molecule has 0 aromatic heterocycles. The number of ether oxygens (including phenoxy) is 3. The smallest absolute Gasteiger partial charge is 0.275 e. The first kappa shape index (κ1) is 27.2. The van der Waals surface area contributed by atoms with Crippen LogP contribution in [0, 0.1) is 3.57 Å². The Morgan fingerprint density at radius 3 is 2.42 bits per heavy atom. The lowest BCUT2D eigenvalue weighted by molar-refractivity contribution is 0.0950. The van der Waals surface area contributed by atoms with Crippen LogP contribution in [0.15, 0.2) is 114 Å². The number of amides is 1. The van der Waals surface area contributed by atoms with Crippen LogP contribution in [0.5, 0.6) is 17.2 Å². The predicted octanol–water partition coefficient (Wildman–Crippen LogP) is 7.37. The molecule has 1 amide bonds. The molecular weight excluding hydrogens is 615 g/mol. The summed E-state index contributed by atoms with van der Waals surface area (Å²) < 4.78 is 18.6. The van der Waals surface area contributed by atoms with Crippen LogP contribution >= 0.6 is 22.6 Å². The molecule has 0 bridgehead atoms. The second-order valence-electron chi connectivity index (χ2n) is 8.93. The summed E-state index contributed by atoms with van der Waals surface area (Å²) in [6, 6.07) is 35.1. The third kappa shape index (κ3) is 6.60. The number of rotatable bonds is 10. The lowest BCUT2D eigenvalue weighted by Gasteiger charge is -2.14. The summed E-state index contributed by atoms with van der Waals surface area (Å²) in [4.78, 5) is 12.9. The van der Waals surface area contributed by atoms with E-state index in [0.29, 0.717) is 36.0 Å². The van der Waals surface area contributed by atoms with Gasteiger partial charge < -0.3 is 14.2 Å². The minimum absolute atomic E-state index is 0.363. The Kier molecular flexibility index (Phi) is 8.93. The fraction of sp³-hybridized carbons (Fsp3) is 0.0909. The van der Waals surface area contributed by atoms with Crippen molar-refractivity contribution in [1.82, 2.24) is 5.43 Å². The molecular formula is C33H27IN2O4. The Labute approximate surface area is 246 Å². The topological polar surface area (TPSA) is 69.2 Å². The molecule has 1 N–H and O–H groups in total. The molecule has 0 fully saturated rings. The number of para-hydroxylation sites is 1. The number of hydrogen-bond donors (Lipinski definition) is 1. The van der Waals surface area contributed by atoms with Crippen molar-refractivity contribution in [3.63, 3.8) is 0 Å². The molecule has 0 saturated heterocycles. The predicted molar refractivity (Wildman–Crippen MR) is 166 cm³/mol. The molecule has 0 unspecified atom stereocenters. The Morgan fingerprint density at radius 2 is 1.57 bits per heavy atom. The van der Waals surface area contributed by atoms with E-state index in [1.54, 1.807) is 31.5 Å². The quantitative estimate of drug-likeness (QED) is 0.0982. The maximum atomic E-state index is 12.9. The van der Waals surface area contributed by atoms with Crippen molar-refractivity contribution in [1.29, 1.82) is 0 Å². The molecule has 6 nitrogen and oxygen atoms in total. The van der Waals surface area contributed by atoms with E-state index in [1.165, 1.54) is 5.39 Å². The fourth-order valence-electron chi connectivity index (χ4n) is 4.26. The molecule has 0 aliphatic carbocycles. The highest BCUT2D eigenvalue weighted by molar-refractivity contribution is 14.1. The maximum absolute atomic E-state index is 12.9.